The second-order valence-electron chi connectivity index (χ2n) is 5.53. The predicted molar refractivity (Wildman–Crippen MR) is 66.0 cm³/mol. The van der Waals surface area contributed by atoms with E-state index in [2.05, 4.69) is 6.92 Å². The van der Waals surface area contributed by atoms with Gasteiger partial charge in [0.05, 0.1) is 11.3 Å². The Labute approximate surface area is 104 Å². The molecule has 0 radical (unpaired) electrons. The van der Waals surface area contributed by atoms with Crippen LogP contribution in [0.4, 0.5) is 0 Å². The predicted octanol–water partition coefficient (Wildman–Crippen LogP) is 2.43. The molecule has 0 saturated heterocycles. The molecular weight excluding hydrogens is 220 g/mol. The molecule has 0 heterocycles. The van der Waals surface area contributed by atoms with Crippen molar-refractivity contribution in [3.63, 3.8) is 0 Å². The van der Waals surface area contributed by atoms with Gasteiger partial charge >= 0.3 is 11.9 Å². The third kappa shape index (κ3) is 5.04. The van der Waals surface area contributed by atoms with Crippen LogP contribution in [0.1, 0.15) is 60.3 Å². The molecule has 0 aromatic heterocycles. The van der Waals surface area contributed by atoms with Gasteiger partial charge in [-0.3, -0.25) is 4.79 Å². The molecule has 4 heteroatoms. The van der Waals surface area contributed by atoms with Gasteiger partial charge in [-0.2, -0.15) is 0 Å². The zero-order chi connectivity index (χ0) is 13.7. The van der Waals surface area contributed by atoms with Crippen LogP contribution in [0.5, 0.6) is 0 Å². The SMILES string of the molecule is CCCCC(CC)C(=O)OC(O)(O)C(C)(C)C. The van der Waals surface area contributed by atoms with Crippen LogP contribution in [0.2, 0.25) is 0 Å². The number of hydrogen-bond donors (Lipinski definition) is 2. The molecule has 0 aliphatic heterocycles. The van der Waals surface area contributed by atoms with Gasteiger partial charge in [-0.1, -0.05) is 47.5 Å². The second-order valence-corrected chi connectivity index (χ2v) is 5.53. The van der Waals surface area contributed by atoms with Crippen molar-refractivity contribution < 1.29 is 19.7 Å². The van der Waals surface area contributed by atoms with Gasteiger partial charge < -0.3 is 14.9 Å². The van der Waals surface area contributed by atoms with Crippen LogP contribution < -0.4 is 0 Å². The topological polar surface area (TPSA) is 66.8 Å². The van der Waals surface area contributed by atoms with Crippen LogP contribution in [0.3, 0.4) is 0 Å². The molecule has 0 spiro atoms. The molecule has 0 aromatic rings. The molecule has 0 amide bonds. The van der Waals surface area contributed by atoms with Gasteiger partial charge in [0, 0.05) is 0 Å². The Morgan fingerprint density at radius 3 is 2.12 bits per heavy atom. The lowest BCUT2D eigenvalue weighted by Gasteiger charge is -2.34. The fraction of sp³-hybridized carbons (Fsp3) is 0.923. The zero-order valence-electron chi connectivity index (χ0n) is 11.6. The summed E-state index contributed by atoms with van der Waals surface area (Å²) in [6.45, 7) is 8.76. The summed E-state index contributed by atoms with van der Waals surface area (Å²) in [6, 6.07) is 0. The van der Waals surface area contributed by atoms with E-state index in [0.717, 1.165) is 19.3 Å². The first kappa shape index (κ1) is 16.4. The number of unbranched alkanes of at least 4 members (excludes halogenated alkanes) is 1. The standard InChI is InChI=1S/C13H26O4/c1-6-8-9-10(7-2)11(14)17-13(15,16)12(3,4)5/h10,15-16H,6-9H2,1-5H3. The molecule has 0 bridgehead atoms. The van der Waals surface area contributed by atoms with Gasteiger partial charge in [-0.05, 0) is 12.8 Å². The molecule has 0 saturated carbocycles. The number of aliphatic hydroxyl groups is 2. The second kappa shape index (κ2) is 6.36. The average Bonchev–Trinajstić information content (AvgIpc) is 2.16. The fourth-order valence-corrected chi connectivity index (χ4v) is 1.32. The first-order valence-corrected chi connectivity index (χ1v) is 6.33. The van der Waals surface area contributed by atoms with Gasteiger partial charge in [0.2, 0.25) is 0 Å². The number of hydrogen-bond acceptors (Lipinski definition) is 4. The summed E-state index contributed by atoms with van der Waals surface area (Å²) < 4.78 is 4.82. The maximum atomic E-state index is 11.8. The van der Waals surface area contributed by atoms with Gasteiger partial charge in [0.15, 0.2) is 0 Å². The summed E-state index contributed by atoms with van der Waals surface area (Å²) in [6.07, 6.45) is 3.32. The molecule has 0 aromatic carbocycles. The summed E-state index contributed by atoms with van der Waals surface area (Å²) in [5.41, 5.74) is -0.925. The van der Waals surface area contributed by atoms with Crippen molar-refractivity contribution in [2.45, 2.75) is 66.3 Å². The minimum absolute atomic E-state index is 0.254. The Hall–Kier alpha value is -0.610. The van der Waals surface area contributed by atoms with Crippen LogP contribution in [0, 0.1) is 11.3 Å². The zero-order valence-corrected chi connectivity index (χ0v) is 11.6. The quantitative estimate of drug-likeness (QED) is 0.558. The molecule has 4 nitrogen and oxygen atoms in total. The van der Waals surface area contributed by atoms with Crippen LogP contribution in [0.25, 0.3) is 0 Å². The van der Waals surface area contributed by atoms with Crippen molar-refractivity contribution >= 4 is 5.97 Å². The van der Waals surface area contributed by atoms with E-state index in [0.29, 0.717) is 6.42 Å². The van der Waals surface area contributed by atoms with E-state index >= 15 is 0 Å². The van der Waals surface area contributed by atoms with Gasteiger partial charge in [0.1, 0.15) is 0 Å². The van der Waals surface area contributed by atoms with Crippen LogP contribution in [-0.2, 0) is 9.53 Å². The van der Waals surface area contributed by atoms with Crippen molar-refractivity contribution in [2.24, 2.45) is 11.3 Å². The third-order valence-corrected chi connectivity index (χ3v) is 2.95. The maximum absolute atomic E-state index is 11.8. The molecule has 0 rings (SSSR count). The Morgan fingerprint density at radius 2 is 1.76 bits per heavy atom. The van der Waals surface area contributed by atoms with E-state index in [1.54, 1.807) is 20.8 Å². The van der Waals surface area contributed by atoms with E-state index in [1.807, 2.05) is 6.92 Å². The Kier molecular flexibility index (Phi) is 6.13. The molecule has 1 unspecified atom stereocenters. The molecular formula is C13H26O4. The van der Waals surface area contributed by atoms with Gasteiger partial charge in [-0.15, -0.1) is 0 Å². The molecule has 17 heavy (non-hydrogen) atoms. The maximum Gasteiger partial charge on any atom is 0.329 e. The number of esters is 1. The minimum Gasteiger partial charge on any atom is -0.407 e. The van der Waals surface area contributed by atoms with Crippen LogP contribution in [0.15, 0.2) is 0 Å². The highest BCUT2D eigenvalue weighted by molar-refractivity contribution is 5.72. The van der Waals surface area contributed by atoms with Crippen molar-refractivity contribution in [2.75, 3.05) is 0 Å². The molecule has 0 aliphatic rings. The normalized spacial score (nSPS) is 14.5. The van der Waals surface area contributed by atoms with Crippen molar-refractivity contribution in [1.82, 2.24) is 0 Å². The van der Waals surface area contributed by atoms with Gasteiger partial charge in [-0.25, -0.2) is 0 Å². The van der Waals surface area contributed by atoms with Crippen molar-refractivity contribution in [3.05, 3.63) is 0 Å². The first-order valence-electron chi connectivity index (χ1n) is 6.33. The van der Waals surface area contributed by atoms with Gasteiger partial charge in [0.25, 0.3) is 0 Å². The fourth-order valence-electron chi connectivity index (χ4n) is 1.32. The lowest BCUT2D eigenvalue weighted by molar-refractivity contribution is -0.367. The largest absolute Gasteiger partial charge is 0.407 e. The highest BCUT2D eigenvalue weighted by atomic mass is 16.8. The van der Waals surface area contributed by atoms with Crippen molar-refractivity contribution in [3.8, 4) is 0 Å². The molecule has 0 aliphatic carbocycles. The molecule has 0 fully saturated rings. The van der Waals surface area contributed by atoms with E-state index in [-0.39, 0.29) is 5.92 Å². The lowest BCUT2D eigenvalue weighted by Crippen LogP contribution is -2.47. The molecule has 1 atom stereocenters. The number of carbonyl (C=O) groups is 1. The minimum atomic E-state index is -2.41. The highest BCUT2D eigenvalue weighted by Gasteiger charge is 2.43. The Morgan fingerprint density at radius 1 is 1.24 bits per heavy atom. The van der Waals surface area contributed by atoms with E-state index in [9.17, 15) is 15.0 Å². The Balaban J connectivity index is 4.50. The summed E-state index contributed by atoms with van der Waals surface area (Å²) in [4.78, 5) is 11.8. The van der Waals surface area contributed by atoms with E-state index < -0.39 is 17.4 Å². The molecule has 102 valence electrons. The van der Waals surface area contributed by atoms with E-state index in [1.165, 1.54) is 0 Å². The number of carbonyl (C=O) groups excluding carboxylic acids is 1. The smallest absolute Gasteiger partial charge is 0.329 e. The molecule has 2 N–H and O–H groups in total. The average molecular weight is 246 g/mol. The number of rotatable bonds is 6. The van der Waals surface area contributed by atoms with E-state index in [4.69, 9.17) is 4.74 Å². The summed E-state index contributed by atoms with van der Waals surface area (Å²) in [5.74, 6) is -3.19. The summed E-state index contributed by atoms with van der Waals surface area (Å²) in [7, 11) is 0. The lowest BCUT2D eigenvalue weighted by atomic mass is 9.93. The third-order valence-electron chi connectivity index (χ3n) is 2.95. The number of ether oxygens (including phenoxy) is 1. The van der Waals surface area contributed by atoms with Crippen molar-refractivity contribution in [1.29, 1.82) is 0 Å². The highest BCUT2D eigenvalue weighted by Crippen LogP contribution is 2.30. The van der Waals surface area contributed by atoms with Crippen LogP contribution in [-0.4, -0.2) is 22.2 Å². The Bertz CT molecular complexity index is 240. The summed E-state index contributed by atoms with van der Waals surface area (Å²) >= 11 is 0. The monoisotopic (exact) mass is 246 g/mol. The first-order chi connectivity index (χ1) is 7.65. The van der Waals surface area contributed by atoms with Crippen LogP contribution >= 0.6 is 0 Å². The summed E-state index contributed by atoms with van der Waals surface area (Å²) in [5, 5.41) is 19.4.